The van der Waals surface area contributed by atoms with E-state index in [1.807, 2.05) is 6.07 Å². The second-order valence-corrected chi connectivity index (χ2v) is 5.18. The molecule has 0 unspecified atom stereocenters. The zero-order valence-corrected chi connectivity index (χ0v) is 13.1. The van der Waals surface area contributed by atoms with Crippen LogP contribution in [-0.4, -0.2) is 27.6 Å². The Morgan fingerprint density at radius 2 is 1.58 bits per heavy atom. The van der Waals surface area contributed by atoms with Crippen molar-refractivity contribution in [3.63, 3.8) is 0 Å². The molecule has 122 valence electrons. The largest absolute Gasteiger partial charge is 0.449 e. The first-order valence-electron chi connectivity index (χ1n) is 7.59. The van der Waals surface area contributed by atoms with E-state index in [0.717, 1.165) is 4.57 Å². The Labute approximate surface area is 137 Å². The van der Waals surface area contributed by atoms with Gasteiger partial charge in [-0.15, -0.1) is 0 Å². The Bertz CT molecular complexity index is 954. The normalized spacial score (nSPS) is 10.7. The van der Waals surface area contributed by atoms with Gasteiger partial charge in [0.15, 0.2) is 5.78 Å². The first-order chi connectivity index (χ1) is 11.6. The van der Waals surface area contributed by atoms with Crippen molar-refractivity contribution < 1.29 is 14.3 Å². The van der Waals surface area contributed by atoms with Crippen LogP contribution in [0.15, 0.2) is 59.4 Å². The number of ketones is 1. The van der Waals surface area contributed by atoms with Crippen LogP contribution in [0.5, 0.6) is 0 Å². The number of aromatic nitrogens is 2. The van der Waals surface area contributed by atoms with Crippen molar-refractivity contribution in [3.8, 4) is 0 Å². The SMILES string of the molecule is CCOC(=O)n1c(=O)n(CC(=O)c2ccccc2)c2ccccc21. The summed E-state index contributed by atoms with van der Waals surface area (Å²) in [5.74, 6) is -0.204. The molecule has 6 nitrogen and oxygen atoms in total. The van der Waals surface area contributed by atoms with Gasteiger partial charge in [0.1, 0.15) is 0 Å². The number of rotatable bonds is 4. The lowest BCUT2D eigenvalue weighted by Crippen LogP contribution is -2.31. The van der Waals surface area contributed by atoms with Crippen molar-refractivity contribution >= 4 is 22.9 Å². The number of carbonyl (C=O) groups excluding carboxylic acids is 2. The number of hydrogen-bond acceptors (Lipinski definition) is 4. The number of imidazole rings is 1. The summed E-state index contributed by atoms with van der Waals surface area (Å²) in [4.78, 5) is 37.2. The number of fused-ring (bicyclic) bond motifs is 1. The predicted octanol–water partition coefficient (Wildman–Crippen LogP) is 2.69. The van der Waals surface area contributed by atoms with Crippen LogP contribution in [0.2, 0.25) is 0 Å². The molecule has 6 heteroatoms. The van der Waals surface area contributed by atoms with E-state index in [1.54, 1.807) is 55.5 Å². The van der Waals surface area contributed by atoms with Gasteiger partial charge in [0.25, 0.3) is 0 Å². The maximum absolute atomic E-state index is 12.6. The maximum Gasteiger partial charge on any atom is 0.422 e. The second kappa shape index (κ2) is 6.54. The molecule has 0 aliphatic heterocycles. The Balaban J connectivity index is 2.09. The van der Waals surface area contributed by atoms with E-state index in [-0.39, 0.29) is 18.9 Å². The number of hydrogen-bond donors (Lipinski definition) is 0. The fourth-order valence-corrected chi connectivity index (χ4v) is 2.58. The molecule has 1 aromatic heterocycles. The standard InChI is InChI=1S/C18H16N2O4/c1-2-24-18(23)20-15-11-7-6-10-14(15)19(17(20)22)12-16(21)13-8-4-3-5-9-13/h3-11H,2,12H2,1H3. The van der Waals surface area contributed by atoms with Gasteiger partial charge in [-0.05, 0) is 19.1 Å². The topological polar surface area (TPSA) is 70.3 Å². The van der Waals surface area contributed by atoms with Crippen molar-refractivity contribution in [3.05, 3.63) is 70.6 Å². The second-order valence-electron chi connectivity index (χ2n) is 5.18. The molecule has 0 aliphatic carbocycles. The third kappa shape index (κ3) is 2.74. The Morgan fingerprint density at radius 1 is 0.958 bits per heavy atom. The lowest BCUT2D eigenvalue weighted by atomic mass is 10.1. The molecule has 3 aromatic rings. The van der Waals surface area contributed by atoms with Gasteiger partial charge in [-0.2, -0.15) is 4.57 Å². The van der Waals surface area contributed by atoms with Crippen molar-refractivity contribution in [2.24, 2.45) is 0 Å². The molecule has 0 spiro atoms. The van der Waals surface area contributed by atoms with Crippen molar-refractivity contribution in [2.75, 3.05) is 6.61 Å². The van der Waals surface area contributed by atoms with Crippen LogP contribution >= 0.6 is 0 Å². The highest BCUT2D eigenvalue weighted by molar-refractivity contribution is 5.97. The first-order valence-corrected chi connectivity index (χ1v) is 7.59. The van der Waals surface area contributed by atoms with E-state index < -0.39 is 11.8 Å². The summed E-state index contributed by atoms with van der Waals surface area (Å²) in [5.41, 5.74) is 0.859. The summed E-state index contributed by atoms with van der Waals surface area (Å²) >= 11 is 0. The number of ether oxygens (including phenoxy) is 1. The quantitative estimate of drug-likeness (QED) is 0.692. The third-order valence-electron chi connectivity index (χ3n) is 3.68. The monoisotopic (exact) mass is 324 g/mol. The van der Waals surface area contributed by atoms with E-state index in [1.165, 1.54) is 4.57 Å². The molecular weight excluding hydrogens is 308 g/mol. The average molecular weight is 324 g/mol. The van der Waals surface area contributed by atoms with Crippen LogP contribution in [0, 0.1) is 0 Å². The van der Waals surface area contributed by atoms with E-state index in [9.17, 15) is 14.4 Å². The van der Waals surface area contributed by atoms with Gasteiger partial charge in [0, 0.05) is 5.56 Å². The fourth-order valence-electron chi connectivity index (χ4n) is 2.58. The van der Waals surface area contributed by atoms with Gasteiger partial charge >= 0.3 is 11.8 Å². The van der Waals surface area contributed by atoms with Crippen LogP contribution in [0.1, 0.15) is 17.3 Å². The zero-order valence-electron chi connectivity index (χ0n) is 13.1. The Hall–Kier alpha value is -3.15. The molecule has 3 rings (SSSR count). The predicted molar refractivity (Wildman–Crippen MR) is 89.4 cm³/mol. The van der Waals surface area contributed by atoms with Gasteiger partial charge in [-0.3, -0.25) is 9.36 Å². The number of carbonyl (C=O) groups is 2. The zero-order chi connectivity index (χ0) is 17.1. The van der Waals surface area contributed by atoms with Crippen LogP contribution in [0.3, 0.4) is 0 Å². The van der Waals surface area contributed by atoms with E-state index in [2.05, 4.69) is 0 Å². The van der Waals surface area contributed by atoms with Gasteiger partial charge < -0.3 is 4.74 Å². The molecular formula is C18H16N2O4. The summed E-state index contributed by atoms with van der Waals surface area (Å²) in [6, 6.07) is 15.5. The molecule has 1 heterocycles. The van der Waals surface area contributed by atoms with Crippen molar-refractivity contribution in [2.45, 2.75) is 13.5 Å². The fraction of sp³-hybridized carbons (Fsp3) is 0.167. The minimum absolute atomic E-state index is 0.143. The lowest BCUT2D eigenvalue weighted by molar-refractivity contribution is 0.0971. The number of para-hydroxylation sites is 2. The highest BCUT2D eigenvalue weighted by Crippen LogP contribution is 2.14. The molecule has 0 atom stereocenters. The molecule has 0 fully saturated rings. The molecule has 0 amide bonds. The minimum Gasteiger partial charge on any atom is -0.449 e. The summed E-state index contributed by atoms with van der Waals surface area (Å²) in [6.45, 7) is 1.69. The lowest BCUT2D eigenvalue weighted by Gasteiger charge is -2.03. The molecule has 0 saturated heterocycles. The maximum atomic E-state index is 12.6. The molecule has 24 heavy (non-hydrogen) atoms. The Morgan fingerprint density at radius 3 is 2.25 bits per heavy atom. The van der Waals surface area contributed by atoms with Gasteiger partial charge in [-0.1, -0.05) is 42.5 Å². The van der Waals surface area contributed by atoms with Crippen LogP contribution in [0.25, 0.3) is 11.0 Å². The number of Topliss-reactive ketones (excluding diaryl/α,β-unsaturated/α-hetero) is 1. The molecule has 0 bridgehead atoms. The summed E-state index contributed by atoms with van der Waals surface area (Å²) in [5, 5.41) is 0. The average Bonchev–Trinajstić information content (AvgIpc) is 2.88. The molecule has 0 saturated carbocycles. The van der Waals surface area contributed by atoms with Gasteiger partial charge in [0.05, 0.1) is 24.2 Å². The molecule has 0 aliphatic rings. The number of benzene rings is 2. The summed E-state index contributed by atoms with van der Waals surface area (Å²) in [6.07, 6.45) is -0.746. The van der Waals surface area contributed by atoms with Gasteiger partial charge in [-0.25, -0.2) is 9.59 Å². The molecule has 2 aromatic carbocycles. The van der Waals surface area contributed by atoms with E-state index >= 15 is 0 Å². The molecule has 0 radical (unpaired) electrons. The van der Waals surface area contributed by atoms with Crippen LogP contribution in [-0.2, 0) is 11.3 Å². The highest BCUT2D eigenvalue weighted by Gasteiger charge is 2.20. The van der Waals surface area contributed by atoms with Crippen LogP contribution < -0.4 is 5.69 Å². The van der Waals surface area contributed by atoms with Crippen molar-refractivity contribution in [1.82, 2.24) is 9.13 Å². The summed E-state index contributed by atoms with van der Waals surface area (Å²) < 4.78 is 7.19. The van der Waals surface area contributed by atoms with E-state index in [4.69, 9.17) is 4.74 Å². The van der Waals surface area contributed by atoms with Crippen molar-refractivity contribution in [1.29, 1.82) is 0 Å². The first kappa shape index (κ1) is 15.7. The number of nitrogens with zero attached hydrogens (tertiary/aromatic N) is 2. The minimum atomic E-state index is -0.746. The molecule has 0 N–H and O–H groups in total. The van der Waals surface area contributed by atoms with E-state index in [0.29, 0.717) is 16.6 Å². The Kier molecular flexibility index (Phi) is 4.29. The van der Waals surface area contributed by atoms with Crippen LogP contribution in [0.4, 0.5) is 4.79 Å². The highest BCUT2D eigenvalue weighted by atomic mass is 16.5. The smallest absolute Gasteiger partial charge is 0.422 e. The third-order valence-corrected chi connectivity index (χ3v) is 3.68. The van der Waals surface area contributed by atoms with Gasteiger partial charge in [0.2, 0.25) is 0 Å². The summed E-state index contributed by atoms with van der Waals surface area (Å²) in [7, 11) is 0.